The molecule has 0 atom stereocenters. The summed E-state index contributed by atoms with van der Waals surface area (Å²) in [6.45, 7) is 0. The van der Waals surface area contributed by atoms with E-state index in [2.05, 4.69) is 131 Å². The van der Waals surface area contributed by atoms with Crippen LogP contribution in [0.15, 0.2) is 189 Å². The maximum absolute atomic E-state index is 6.48. The van der Waals surface area contributed by atoms with Crippen molar-refractivity contribution < 1.29 is 13.3 Å². The van der Waals surface area contributed by atoms with E-state index in [1.807, 2.05) is 54.6 Å². The molecule has 0 bridgehead atoms. The van der Waals surface area contributed by atoms with E-state index in [9.17, 15) is 0 Å². The predicted molar refractivity (Wildman–Crippen MR) is 223 cm³/mol. The molecule has 6 heteroatoms. The van der Waals surface area contributed by atoms with Gasteiger partial charge in [-0.3, -0.25) is 0 Å². The second kappa shape index (κ2) is 11.5. The van der Waals surface area contributed by atoms with Crippen molar-refractivity contribution in [3.05, 3.63) is 176 Å². The van der Waals surface area contributed by atoms with Gasteiger partial charge in [0.15, 0.2) is 5.58 Å². The molecule has 4 aromatic heterocycles. The molecule has 12 aromatic rings. The van der Waals surface area contributed by atoms with E-state index >= 15 is 0 Å². The van der Waals surface area contributed by atoms with E-state index in [0.29, 0.717) is 11.5 Å². The predicted octanol–water partition coefficient (Wildman–Crippen LogP) is 13.9. The Morgan fingerprint density at radius 3 is 1.98 bits per heavy atom. The maximum atomic E-state index is 6.48. The van der Waals surface area contributed by atoms with Gasteiger partial charge in [-0.05, 0) is 84.9 Å². The van der Waals surface area contributed by atoms with Crippen LogP contribution in [0.3, 0.4) is 0 Å². The zero-order chi connectivity index (χ0) is 36.0. The number of hydrogen-bond acceptors (Lipinski definition) is 5. The van der Waals surface area contributed by atoms with Crippen molar-refractivity contribution >= 4 is 93.8 Å². The Morgan fingerprint density at radius 1 is 0.436 bits per heavy atom. The second-order valence-corrected chi connectivity index (χ2v) is 13.9. The summed E-state index contributed by atoms with van der Waals surface area (Å²) in [5.74, 6) is 0.579. The highest BCUT2D eigenvalue weighted by Crippen LogP contribution is 2.46. The summed E-state index contributed by atoms with van der Waals surface area (Å²) in [6.07, 6.45) is 0. The molecule has 0 unspecified atom stereocenters. The second-order valence-electron chi connectivity index (χ2n) is 13.9. The smallest absolute Gasteiger partial charge is 0.227 e. The van der Waals surface area contributed by atoms with Crippen LogP contribution in [0.1, 0.15) is 0 Å². The summed E-state index contributed by atoms with van der Waals surface area (Å²) in [4.78, 5) is 7.37. The molecule has 0 aliphatic heterocycles. The fraction of sp³-hybridized carbons (Fsp3) is 0. The molecule has 4 heterocycles. The van der Waals surface area contributed by atoms with Crippen molar-refractivity contribution in [2.24, 2.45) is 0 Å². The summed E-state index contributed by atoms with van der Waals surface area (Å²) in [5, 5.41) is 6.41. The van der Waals surface area contributed by atoms with Gasteiger partial charge in [-0.15, -0.1) is 0 Å². The van der Waals surface area contributed by atoms with Crippen molar-refractivity contribution in [3.63, 3.8) is 0 Å². The van der Waals surface area contributed by atoms with Crippen LogP contribution in [0, 0.1) is 0 Å². The van der Waals surface area contributed by atoms with E-state index in [1.54, 1.807) is 0 Å². The molecular weight excluding hydrogens is 679 g/mol. The van der Waals surface area contributed by atoms with Crippen molar-refractivity contribution in [3.8, 4) is 17.1 Å². The standard InChI is InChI=1S/C49H29N3O3/c1-3-12-30(13-4-1)49-50-47-44(55-49)27-26-43-46(47)38-28-32(23-25-42(38)53-43)51(33-22-24-36-35-17-8-10-21-41(35)54-45(36)29-33)40-20-11-18-37-34-16-7-9-19-39(34)52(48(37)40)31-14-5-2-6-15-31/h1-29H. The largest absolute Gasteiger partial charge is 0.456 e. The van der Waals surface area contributed by atoms with E-state index in [0.717, 1.165) is 88.7 Å². The molecule has 0 spiro atoms. The molecule has 0 saturated heterocycles. The van der Waals surface area contributed by atoms with Gasteiger partial charge in [-0.25, -0.2) is 4.98 Å². The Hall–Kier alpha value is -7.57. The van der Waals surface area contributed by atoms with Gasteiger partial charge in [0.2, 0.25) is 5.89 Å². The SMILES string of the molecule is c1ccc(-c2nc3c(ccc4oc5ccc(N(c6ccc7c(c6)oc6ccccc67)c6cccc7c8ccccc8n(-c8ccccc8)c67)cc5c43)o2)cc1. The van der Waals surface area contributed by atoms with Crippen LogP contribution in [0.5, 0.6) is 0 Å². The molecular formula is C49H29N3O3. The number of aromatic nitrogens is 2. The Balaban J connectivity index is 1.16. The number of rotatable bonds is 5. The highest BCUT2D eigenvalue weighted by Gasteiger charge is 2.24. The van der Waals surface area contributed by atoms with Crippen molar-refractivity contribution in [2.75, 3.05) is 4.90 Å². The number of fused-ring (bicyclic) bond motifs is 11. The first-order valence-electron chi connectivity index (χ1n) is 18.4. The van der Waals surface area contributed by atoms with Crippen LogP contribution in [0.25, 0.3) is 93.9 Å². The van der Waals surface area contributed by atoms with Gasteiger partial charge < -0.3 is 22.7 Å². The third-order valence-corrected chi connectivity index (χ3v) is 10.8. The van der Waals surface area contributed by atoms with Crippen LogP contribution in [0.2, 0.25) is 0 Å². The number of anilines is 3. The quantitative estimate of drug-likeness (QED) is 0.178. The Morgan fingerprint density at radius 2 is 1.09 bits per heavy atom. The van der Waals surface area contributed by atoms with Crippen molar-refractivity contribution in [1.29, 1.82) is 0 Å². The average molecular weight is 708 g/mol. The van der Waals surface area contributed by atoms with E-state index in [1.165, 1.54) is 10.8 Å². The maximum Gasteiger partial charge on any atom is 0.227 e. The summed E-state index contributed by atoms with van der Waals surface area (Å²) in [6, 6.07) is 60.9. The lowest BCUT2D eigenvalue weighted by Gasteiger charge is -2.27. The van der Waals surface area contributed by atoms with Crippen molar-refractivity contribution in [1.82, 2.24) is 9.55 Å². The minimum absolute atomic E-state index is 0.579. The molecule has 0 amide bonds. The first kappa shape index (κ1) is 29.9. The van der Waals surface area contributed by atoms with Crippen molar-refractivity contribution in [2.45, 2.75) is 0 Å². The lowest BCUT2D eigenvalue weighted by atomic mass is 10.1. The molecule has 6 nitrogen and oxygen atoms in total. The molecule has 258 valence electrons. The third-order valence-electron chi connectivity index (χ3n) is 10.8. The molecule has 0 aliphatic carbocycles. The lowest BCUT2D eigenvalue weighted by molar-refractivity contribution is 0.619. The van der Waals surface area contributed by atoms with Gasteiger partial charge in [0.1, 0.15) is 27.8 Å². The Labute approximate surface area is 313 Å². The fourth-order valence-corrected chi connectivity index (χ4v) is 8.39. The van der Waals surface area contributed by atoms with Gasteiger partial charge >= 0.3 is 0 Å². The number of nitrogens with zero attached hydrogens (tertiary/aromatic N) is 3. The Kier molecular flexibility index (Phi) is 6.24. The van der Waals surface area contributed by atoms with Crippen LogP contribution in [-0.2, 0) is 0 Å². The molecule has 0 saturated carbocycles. The van der Waals surface area contributed by atoms with Gasteiger partial charge in [-0.2, -0.15) is 0 Å². The molecule has 0 radical (unpaired) electrons. The molecule has 55 heavy (non-hydrogen) atoms. The first-order valence-corrected chi connectivity index (χ1v) is 18.4. The number of hydrogen-bond donors (Lipinski definition) is 0. The minimum atomic E-state index is 0.579. The third kappa shape index (κ3) is 4.46. The number of para-hydroxylation sites is 4. The summed E-state index contributed by atoms with van der Waals surface area (Å²) >= 11 is 0. The molecule has 0 fully saturated rings. The van der Waals surface area contributed by atoms with Gasteiger partial charge in [0.25, 0.3) is 0 Å². The molecule has 12 rings (SSSR count). The van der Waals surface area contributed by atoms with Gasteiger partial charge in [-0.1, -0.05) is 84.9 Å². The molecule has 0 N–H and O–H groups in total. The zero-order valence-electron chi connectivity index (χ0n) is 29.3. The fourth-order valence-electron chi connectivity index (χ4n) is 8.39. The zero-order valence-corrected chi connectivity index (χ0v) is 29.3. The van der Waals surface area contributed by atoms with Crippen LogP contribution in [-0.4, -0.2) is 9.55 Å². The lowest BCUT2D eigenvalue weighted by Crippen LogP contribution is -2.11. The summed E-state index contributed by atoms with van der Waals surface area (Å²) in [5.41, 5.74) is 11.9. The van der Waals surface area contributed by atoms with Crippen LogP contribution >= 0.6 is 0 Å². The Bertz CT molecular complexity index is 3440. The molecule has 0 aliphatic rings. The average Bonchev–Trinajstić information content (AvgIpc) is 4.02. The number of oxazole rings is 1. The van der Waals surface area contributed by atoms with Crippen LogP contribution < -0.4 is 4.90 Å². The van der Waals surface area contributed by atoms with E-state index < -0.39 is 0 Å². The van der Waals surface area contributed by atoms with Gasteiger partial charge in [0, 0.05) is 55.6 Å². The van der Waals surface area contributed by atoms with Gasteiger partial charge in [0.05, 0.1) is 22.1 Å². The summed E-state index contributed by atoms with van der Waals surface area (Å²) < 4.78 is 21.7. The molecule has 8 aromatic carbocycles. The van der Waals surface area contributed by atoms with E-state index in [-0.39, 0.29) is 0 Å². The summed E-state index contributed by atoms with van der Waals surface area (Å²) in [7, 11) is 0. The number of benzene rings is 8. The van der Waals surface area contributed by atoms with Crippen LogP contribution in [0.4, 0.5) is 17.1 Å². The minimum Gasteiger partial charge on any atom is -0.456 e. The number of furan rings is 2. The normalized spacial score (nSPS) is 12.0. The van der Waals surface area contributed by atoms with E-state index in [4.69, 9.17) is 18.2 Å². The highest BCUT2D eigenvalue weighted by molar-refractivity contribution is 6.19. The monoisotopic (exact) mass is 707 g/mol. The topological polar surface area (TPSA) is 60.5 Å². The first-order chi connectivity index (χ1) is 27.3. The highest BCUT2D eigenvalue weighted by atomic mass is 16.4.